The SMILES string of the molecule is CC(C)(C)c1ccc(=S)n(B(n2nc(C(C)(C)C)ccc2=S)n2nc(C(C)(C)C)ccc2=S)n1. The molecule has 0 saturated carbocycles. The van der Waals surface area contributed by atoms with Gasteiger partial charge in [-0.25, -0.2) is 0 Å². The Morgan fingerprint density at radius 3 is 0.941 bits per heavy atom. The average molecular weight is 513 g/mol. The smallest absolute Gasteiger partial charge is 0.251 e. The van der Waals surface area contributed by atoms with Crippen LogP contribution in [0.2, 0.25) is 0 Å². The lowest BCUT2D eigenvalue weighted by atomic mass is 9.89. The predicted molar refractivity (Wildman–Crippen MR) is 147 cm³/mol. The largest absolute Gasteiger partial charge is 0.572 e. The van der Waals surface area contributed by atoms with Crippen molar-refractivity contribution in [2.24, 2.45) is 0 Å². The first-order chi connectivity index (χ1) is 15.5. The van der Waals surface area contributed by atoms with Crippen LogP contribution < -0.4 is 0 Å². The van der Waals surface area contributed by atoms with E-state index in [2.05, 4.69) is 62.3 Å². The number of nitrogens with zero attached hydrogens (tertiary/aromatic N) is 6. The summed E-state index contributed by atoms with van der Waals surface area (Å²) in [5, 5.41) is 14.9. The van der Waals surface area contributed by atoms with Crippen LogP contribution >= 0.6 is 36.7 Å². The van der Waals surface area contributed by atoms with Gasteiger partial charge in [-0.1, -0.05) is 99.0 Å². The van der Waals surface area contributed by atoms with Crippen molar-refractivity contribution in [3.05, 3.63) is 67.4 Å². The Kier molecular flexibility index (Phi) is 7.19. The highest BCUT2D eigenvalue weighted by atomic mass is 32.1. The van der Waals surface area contributed by atoms with Gasteiger partial charge in [-0.2, -0.15) is 15.3 Å². The topological polar surface area (TPSA) is 53.5 Å². The van der Waals surface area contributed by atoms with Crippen molar-refractivity contribution in [3.63, 3.8) is 0 Å². The van der Waals surface area contributed by atoms with Crippen LogP contribution in [0.1, 0.15) is 79.4 Å². The molecule has 3 aromatic rings. The van der Waals surface area contributed by atoms with Crippen LogP contribution in [-0.4, -0.2) is 36.2 Å². The zero-order valence-corrected chi connectivity index (χ0v) is 23.9. The molecule has 0 fully saturated rings. The van der Waals surface area contributed by atoms with E-state index in [-0.39, 0.29) is 16.2 Å². The second kappa shape index (κ2) is 9.20. The van der Waals surface area contributed by atoms with Crippen molar-refractivity contribution in [1.82, 2.24) is 29.1 Å². The van der Waals surface area contributed by atoms with Gasteiger partial charge in [-0.3, -0.25) is 13.8 Å². The molecule has 0 bridgehead atoms. The van der Waals surface area contributed by atoms with Crippen molar-refractivity contribution >= 4 is 43.8 Å². The molecule has 34 heavy (non-hydrogen) atoms. The van der Waals surface area contributed by atoms with Gasteiger partial charge >= 0.3 is 7.12 Å². The lowest BCUT2D eigenvalue weighted by Gasteiger charge is -2.26. The van der Waals surface area contributed by atoms with Crippen LogP contribution in [0.4, 0.5) is 0 Å². The first-order valence-corrected chi connectivity index (χ1v) is 12.5. The summed E-state index contributed by atoms with van der Waals surface area (Å²) >= 11 is 17.3. The van der Waals surface area contributed by atoms with E-state index in [9.17, 15) is 0 Å². The number of aromatic nitrogens is 6. The monoisotopic (exact) mass is 512 g/mol. The van der Waals surface area contributed by atoms with E-state index < -0.39 is 7.12 Å². The van der Waals surface area contributed by atoms with Crippen LogP contribution in [0.15, 0.2) is 36.4 Å². The molecule has 0 unspecified atom stereocenters. The van der Waals surface area contributed by atoms with E-state index in [4.69, 9.17) is 51.9 Å². The first kappa shape index (κ1) is 26.6. The fourth-order valence-electron chi connectivity index (χ4n) is 3.28. The molecule has 0 spiro atoms. The molecule has 0 atom stereocenters. The van der Waals surface area contributed by atoms with Crippen molar-refractivity contribution in [3.8, 4) is 0 Å². The van der Waals surface area contributed by atoms with Gasteiger partial charge in [0.2, 0.25) is 0 Å². The molecule has 180 valence electrons. The fourth-order valence-corrected chi connectivity index (χ4v) is 3.89. The molecule has 3 aromatic heterocycles. The van der Waals surface area contributed by atoms with Gasteiger partial charge in [-0.15, -0.1) is 0 Å². The molecule has 6 nitrogen and oxygen atoms in total. The molecule has 0 aliphatic carbocycles. The summed E-state index contributed by atoms with van der Waals surface area (Å²) in [6, 6.07) is 11.6. The molecule has 10 heteroatoms. The van der Waals surface area contributed by atoms with E-state index >= 15 is 0 Å². The lowest BCUT2D eigenvalue weighted by molar-refractivity contribution is 0.530. The normalized spacial score (nSPS) is 12.6. The molecule has 0 aliphatic rings. The van der Waals surface area contributed by atoms with Crippen LogP contribution in [-0.2, 0) is 16.2 Å². The Hall–Kier alpha value is -2.04. The zero-order valence-electron chi connectivity index (χ0n) is 21.4. The molecule has 3 rings (SSSR count). The summed E-state index contributed by atoms with van der Waals surface area (Å²) < 4.78 is 6.86. The van der Waals surface area contributed by atoms with E-state index in [1.165, 1.54) is 0 Å². The van der Waals surface area contributed by atoms with Gasteiger partial charge in [0.05, 0.1) is 17.1 Å². The Labute approximate surface area is 218 Å². The third-order valence-corrected chi connectivity index (χ3v) is 6.41. The minimum absolute atomic E-state index is 0.181. The van der Waals surface area contributed by atoms with Crippen LogP contribution in [0.25, 0.3) is 0 Å². The van der Waals surface area contributed by atoms with E-state index in [1.54, 1.807) is 13.8 Å². The standard InChI is InChI=1S/C24H33BN6S3/c1-22(2,3)16-10-13-19(32)29(26-16)25(30-20(33)14-11-17(27-30)23(4,5)6)31-21(34)15-12-18(28-31)24(7,8)9/h10-15H,1-9H3. The van der Waals surface area contributed by atoms with Crippen LogP contribution in [0.3, 0.4) is 0 Å². The Bertz CT molecular complexity index is 1210. The lowest BCUT2D eigenvalue weighted by Crippen LogP contribution is -2.48. The van der Waals surface area contributed by atoms with E-state index in [0.29, 0.717) is 13.9 Å². The molecule has 0 radical (unpaired) electrons. The quantitative estimate of drug-likeness (QED) is 0.304. The molecule has 3 heterocycles. The predicted octanol–water partition coefficient (Wildman–Crippen LogP) is 6.29. The third-order valence-electron chi connectivity index (χ3n) is 5.44. The highest BCUT2D eigenvalue weighted by Crippen LogP contribution is 2.23. The van der Waals surface area contributed by atoms with Crippen molar-refractivity contribution in [2.75, 3.05) is 0 Å². The van der Waals surface area contributed by atoms with Crippen LogP contribution in [0.5, 0.6) is 0 Å². The van der Waals surface area contributed by atoms with Crippen molar-refractivity contribution in [2.45, 2.75) is 78.6 Å². The fraction of sp³-hybridized carbons (Fsp3) is 0.500. The van der Waals surface area contributed by atoms with Crippen molar-refractivity contribution in [1.29, 1.82) is 0 Å². The summed E-state index contributed by atoms with van der Waals surface area (Å²) in [6.07, 6.45) is 0. The Morgan fingerprint density at radius 2 is 0.735 bits per heavy atom. The highest BCUT2D eigenvalue weighted by Gasteiger charge is 2.32. The maximum Gasteiger partial charge on any atom is 0.572 e. The highest BCUT2D eigenvalue weighted by molar-refractivity contribution is 7.72. The van der Waals surface area contributed by atoms with E-state index in [0.717, 1.165) is 17.1 Å². The average Bonchev–Trinajstić information content (AvgIpc) is 2.69. The second-order valence-electron chi connectivity index (χ2n) is 11.6. The maximum absolute atomic E-state index is 5.76. The summed E-state index contributed by atoms with van der Waals surface area (Å²) in [4.78, 5) is 0. The van der Waals surface area contributed by atoms with Gasteiger partial charge in [0.15, 0.2) is 0 Å². The summed E-state index contributed by atoms with van der Waals surface area (Å²) in [7, 11) is -0.695. The molecule has 0 N–H and O–H groups in total. The molecule has 0 amide bonds. The van der Waals surface area contributed by atoms with Crippen molar-refractivity contribution < 1.29 is 0 Å². The molecule has 0 saturated heterocycles. The first-order valence-electron chi connectivity index (χ1n) is 11.3. The number of hydrogen-bond acceptors (Lipinski definition) is 6. The summed E-state index contributed by atoms with van der Waals surface area (Å²) in [5.74, 6) is 0. The Balaban J connectivity index is 2.45. The minimum atomic E-state index is -0.695. The summed E-state index contributed by atoms with van der Waals surface area (Å²) in [5.41, 5.74) is 2.13. The number of rotatable bonds is 3. The molecular formula is C24H33BN6S3. The van der Waals surface area contributed by atoms with Gasteiger partial charge in [0.25, 0.3) is 0 Å². The van der Waals surface area contributed by atoms with E-state index in [1.807, 2.05) is 36.4 Å². The third kappa shape index (κ3) is 5.61. The molecule has 0 aliphatic heterocycles. The number of hydrogen-bond donors (Lipinski definition) is 0. The van der Waals surface area contributed by atoms with Gasteiger partial charge in [0, 0.05) is 16.2 Å². The Morgan fingerprint density at radius 1 is 0.500 bits per heavy atom. The summed E-state index contributed by atoms with van der Waals surface area (Å²) in [6.45, 7) is 19.1. The minimum Gasteiger partial charge on any atom is -0.251 e. The van der Waals surface area contributed by atoms with Gasteiger partial charge in [0.1, 0.15) is 13.9 Å². The zero-order chi connectivity index (χ0) is 25.6. The molecule has 0 aromatic carbocycles. The van der Waals surface area contributed by atoms with Gasteiger partial charge in [-0.05, 0) is 36.4 Å². The maximum atomic E-state index is 5.76. The van der Waals surface area contributed by atoms with Crippen LogP contribution in [0, 0.1) is 13.9 Å². The second-order valence-corrected chi connectivity index (χ2v) is 12.9. The van der Waals surface area contributed by atoms with Gasteiger partial charge < -0.3 is 0 Å². The molecular weight excluding hydrogens is 479 g/mol.